The molecule has 0 atom stereocenters. The Hall–Kier alpha value is -0.830. The molecule has 0 radical (unpaired) electrons. The van der Waals surface area contributed by atoms with Gasteiger partial charge < -0.3 is 15.4 Å². The Morgan fingerprint density at radius 3 is 2.62 bits per heavy atom. The van der Waals surface area contributed by atoms with E-state index in [2.05, 4.69) is 26.9 Å². The summed E-state index contributed by atoms with van der Waals surface area (Å²) in [6.45, 7) is 5.36. The highest BCUT2D eigenvalue weighted by molar-refractivity contribution is 14.0. The molecule has 0 aliphatic carbocycles. The topological polar surface area (TPSA) is 63.5 Å². The molecule has 7 heteroatoms. The van der Waals surface area contributed by atoms with Crippen molar-refractivity contribution in [2.24, 2.45) is 12.0 Å². The molecule has 0 bridgehead atoms. The van der Waals surface area contributed by atoms with Gasteiger partial charge in [-0.25, -0.2) is 0 Å². The van der Waals surface area contributed by atoms with Crippen molar-refractivity contribution < 1.29 is 4.74 Å². The molecule has 2 N–H and O–H groups in total. The maximum atomic E-state index is 5.29. The summed E-state index contributed by atoms with van der Waals surface area (Å²) in [5.41, 5.74) is 1.27. The molecule has 0 amide bonds. The quantitative estimate of drug-likeness (QED) is 0.281. The first kappa shape index (κ1) is 20.2. The van der Waals surface area contributed by atoms with Crippen LogP contribution in [0.2, 0.25) is 0 Å². The van der Waals surface area contributed by atoms with E-state index in [-0.39, 0.29) is 24.0 Å². The summed E-state index contributed by atoms with van der Waals surface area (Å²) >= 11 is 0. The first-order chi connectivity index (χ1) is 9.76. The van der Waals surface area contributed by atoms with Gasteiger partial charge in [0.05, 0.1) is 6.20 Å². The Bertz CT molecular complexity index is 394. The Kier molecular flexibility index (Phi) is 12.4. The molecule has 1 aromatic heterocycles. The number of nitrogens with one attached hydrogen (secondary N) is 2. The lowest BCUT2D eigenvalue weighted by Crippen LogP contribution is -2.38. The average Bonchev–Trinajstić information content (AvgIpc) is 2.86. The van der Waals surface area contributed by atoms with E-state index in [1.807, 2.05) is 24.9 Å². The van der Waals surface area contributed by atoms with E-state index in [9.17, 15) is 0 Å². The first-order valence-electron chi connectivity index (χ1n) is 7.26. The molecular weight excluding hydrogens is 381 g/mol. The molecule has 0 spiro atoms. The number of hydrogen-bond donors (Lipinski definition) is 2. The molecule has 0 aliphatic rings. The molecular formula is C14H28IN5O. The number of aromatic nitrogens is 2. The molecule has 0 aliphatic heterocycles. The maximum Gasteiger partial charge on any atom is 0.190 e. The van der Waals surface area contributed by atoms with Gasteiger partial charge in [0.2, 0.25) is 0 Å². The van der Waals surface area contributed by atoms with Gasteiger partial charge in [-0.15, -0.1) is 24.0 Å². The molecule has 1 rings (SSSR count). The number of aryl methyl sites for hydroxylation is 2. The van der Waals surface area contributed by atoms with Gasteiger partial charge in [-0.3, -0.25) is 9.67 Å². The van der Waals surface area contributed by atoms with Crippen LogP contribution in [0, 0.1) is 0 Å². The standard InChI is InChI=1S/C14H27N5O.HI/c1-4-20-10-6-9-17-14(15-2)16-8-5-7-13-11-18-19(3)12-13;/h11-12H,4-10H2,1-3H3,(H2,15,16,17);1H. The first-order valence-corrected chi connectivity index (χ1v) is 7.26. The molecule has 0 aromatic carbocycles. The number of guanidine groups is 1. The summed E-state index contributed by atoms with van der Waals surface area (Å²) in [5.74, 6) is 0.854. The number of hydrogen-bond acceptors (Lipinski definition) is 3. The predicted octanol–water partition coefficient (Wildman–Crippen LogP) is 1.56. The van der Waals surface area contributed by atoms with Crippen molar-refractivity contribution in [3.8, 4) is 0 Å². The van der Waals surface area contributed by atoms with E-state index in [1.54, 1.807) is 7.05 Å². The minimum atomic E-state index is 0. The summed E-state index contributed by atoms with van der Waals surface area (Å²) in [5, 5.41) is 10.7. The fraction of sp³-hybridized carbons (Fsp3) is 0.714. The van der Waals surface area contributed by atoms with E-state index in [4.69, 9.17) is 4.74 Å². The Labute approximate surface area is 144 Å². The van der Waals surface area contributed by atoms with Crippen LogP contribution < -0.4 is 10.6 Å². The van der Waals surface area contributed by atoms with E-state index < -0.39 is 0 Å². The van der Waals surface area contributed by atoms with Gasteiger partial charge in [-0.2, -0.15) is 5.10 Å². The van der Waals surface area contributed by atoms with Crippen molar-refractivity contribution in [1.29, 1.82) is 0 Å². The van der Waals surface area contributed by atoms with Crippen molar-refractivity contribution >= 4 is 29.9 Å². The highest BCUT2D eigenvalue weighted by Crippen LogP contribution is 1.99. The highest BCUT2D eigenvalue weighted by Gasteiger charge is 1.98. The van der Waals surface area contributed by atoms with E-state index in [0.717, 1.165) is 51.5 Å². The number of rotatable bonds is 9. The number of aliphatic imine (C=N–C) groups is 1. The van der Waals surface area contributed by atoms with Crippen molar-refractivity contribution in [1.82, 2.24) is 20.4 Å². The second kappa shape index (κ2) is 12.9. The van der Waals surface area contributed by atoms with E-state index in [1.165, 1.54) is 5.56 Å². The molecule has 0 saturated carbocycles. The van der Waals surface area contributed by atoms with Crippen molar-refractivity contribution in [3.05, 3.63) is 18.0 Å². The Morgan fingerprint density at radius 1 is 1.33 bits per heavy atom. The summed E-state index contributed by atoms with van der Waals surface area (Å²) in [4.78, 5) is 4.19. The van der Waals surface area contributed by atoms with Crippen LogP contribution in [0.3, 0.4) is 0 Å². The summed E-state index contributed by atoms with van der Waals surface area (Å²) in [7, 11) is 3.73. The third kappa shape index (κ3) is 9.67. The van der Waals surface area contributed by atoms with Crippen LogP contribution in [0.5, 0.6) is 0 Å². The van der Waals surface area contributed by atoms with Crippen LogP contribution in [0.15, 0.2) is 17.4 Å². The zero-order chi connectivity index (χ0) is 14.6. The minimum Gasteiger partial charge on any atom is -0.382 e. The third-order valence-electron chi connectivity index (χ3n) is 2.88. The monoisotopic (exact) mass is 409 g/mol. The molecule has 0 saturated heterocycles. The second-order valence-electron chi connectivity index (χ2n) is 4.60. The molecule has 122 valence electrons. The lowest BCUT2D eigenvalue weighted by atomic mass is 10.2. The predicted molar refractivity (Wildman–Crippen MR) is 97.4 cm³/mol. The molecule has 6 nitrogen and oxygen atoms in total. The third-order valence-corrected chi connectivity index (χ3v) is 2.88. The SMILES string of the molecule is CCOCCCNC(=NC)NCCCc1cnn(C)c1.I. The van der Waals surface area contributed by atoms with Crippen LogP contribution in [-0.2, 0) is 18.2 Å². The van der Waals surface area contributed by atoms with Crippen LogP contribution in [0.1, 0.15) is 25.3 Å². The summed E-state index contributed by atoms with van der Waals surface area (Å²) in [6.07, 6.45) is 7.05. The number of nitrogens with zero attached hydrogens (tertiary/aromatic N) is 3. The van der Waals surface area contributed by atoms with E-state index in [0.29, 0.717) is 0 Å². The summed E-state index contributed by atoms with van der Waals surface area (Å²) in [6, 6.07) is 0. The van der Waals surface area contributed by atoms with Crippen LogP contribution in [0.25, 0.3) is 0 Å². The van der Waals surface area contributed by atoms with Gasteiger partial charge in [0, 0.05) is 46.6 Å². The van der Waals surface area contributed by atoms with Gasteiger partial charge in [0.1, 0.15) is 0 Å². The zero-order valence-electron chi connectivity index (χ0n) is 13.3. The average molecular weight is 409 g/mol. The number of ether oxygens (including phenoxy) is 1. The largest absolute Gasteiger partial charge is 0.382 e. The maximum absolute atomic E-state index is 5.29. The smallest absolute Gasteiger partial charge is 0.190 e. The molecule has 1 aromatic rings. The van der Waals surface area contributed by atoms with Gasteiger partial charge in [-0.05, 0) is 31.7 Å². The van der Waals surface area contributed by atoms with Crippen molar-refractivity contribution in [2.75, 3.05) is 33.4 Å². The fourth-order valence-corrected chi connectivity index (χ4v) is 1.85. The van der Waals surface area contributed by atoms with E-state index >= 15 is 0 Å². The van der Waals surface area contributed by atoms with Crippen LogP contribution in [0.4, 0.5) is 0 Å². The van der Waals surface area contributed by atoms with Gasteiger partial charge in [0.25, 0.3) is 0 Å². The molecule has 0 fully saturated rings. The normalized spacial score (nSPS) is 11.1. The number of halogens is 1. The molecule has 0 unspecified atom stereocenters. The summed E-state index contributed by atoms with van der Waals surface area (Å²) < 4.78 is 7.13. The van der Waals surface area contributed by atoms with Gasteiger partial charge in [0.15, 0.2) is 5.96 Å². The van der Waals surface area contributed by atoms with Crippen molar-refractivity contribution in [3.63, 3.8) is 0 Å². The molecule has 21 heavy (non-hydrogen) atoms. The highest BCUT2D eigenvalue weighted by atomic mass is 127. The van der Waals surface area contributed by atoms with Crippen molar-refractivity contribution in [2.45, 2.75) is 26.2 Å². The Balaban J connectivity index is 0.00000400. The Morgan fingerprint density at radius 2 is 2.05 bits per heavy atom. The fourth-order valence-electron chi connectivity index (χ4n) is 1.85. The van der Waals surface area contributed by atoms with Crippen LogP contribution >= 0.6 is 24.0 Å². The minimum absolute atomic E-state index is 0. The van der Waals surface area contributed by atoms with Gasteiger partial charge >= 0.3 is 0 Å². The van der Waals surface area contributed by atoms with Crippen LogP contribution in [-0.4, -0.2) is 49.1 Å². The zero-order valence-corrected chi connectivity index (χ0v) is 15.6. The molecule has 1 heterocycles. The lowest BCUT2D eigenvalue weighted by Gasteiger charge is -2.11. The van der Waals surface area contributed by atoms with Gasteiger partial charge in [-0.1, -0.05) is 0 Å². The second-order valence-corrected chi connectivity index (χ2v) is 4.60. The lowest BCUT2D eigenvalue weighted by molar-refractivity contribution is 0.145.